The smallest absolute Gasteiger partial charge is 0.295 e. The van der Waals surface area contributed by atoms with Gasteiger partial charge in [0.2, 0.25) is 5.76 Å². The predicted molar refractivity (Wildman–Crippen MR) is 137 cm³/mol. The number of carbonyl (C=O) groups excluding carboxylic acids is 1. The zero-order valence-corrected chi connectivity index (χ0v) is 21.7. The maximum atomic E-state index is 13.8. The number of ether oxygens (including phenoxy) is 1. The number of hydrogen-bond acceptors (Lipinski definition) is 5. The van der Waals surface area contributed by atoms with E-state index >= 15 is 0 Å². The first kappa shape index (κ1) is 22.7. The Morgan fingerprint density at radius 1 is 1.03 bits per heavy atom. The molecule has 0 aliphatic carbocycles. The summed E-state index contributed by atoms with van der Waals surface area (Å²) in [6.07, 6.45) is 0. The van der Waals surface area contributed by atoms with Gasteiger partial charge < -0.3 is 14.3 Å². The van der Waals surface area contributed by atoms with Crippen molar-refractivity contribution in [1.82, 2.24) is 0 Å². The molecule has 1 aromatic heterocycles. The first-order valence-electron chi connectivity index (χ1n) is 10.4. The molecular weight excluding hydrogens is 566 g/mol. The Morgan fingerprint density at radius 3 is 2.47 bits per heavy atom. The van der Waals surface area contributed by atoms with Crippen LogP contribution in [0.25, 0.3) is 11.0 Å². The standard InChI is InChI=1S/C26H19Br2NO5/c1-12-7-17-19(8-13(12)2)34-25-21(23(17)30)22(14-9-18(28)24(31)20(10-14)33-3)29(26(25)32)16-6-4-5-15(27)11-16/h4-11,22,31H,1-3H3. The summed E-state index contributed by atoms with van der Waals surface area (Å²) in [6.45, 7) is 3.86. The van der Waals surface area contributed by atoms with E-state index in [9.17, 15) is 14.7 Å². The Kier molecular flexibility index (Phi) is 5.53. The summed E-state index contributed by atoms with van der Waals surface area (Å²) in [5.74, 6) is -0.259. The highest BCUT2D eigenvalue weighted by Crippen LogP contribution is 2.45. The van der Waals surface area contributed by atoms with Crippen molar-refractivity contribution in [2.24, 2.45) is 0 Å². The number of aromatic hydroxyl groups is 1. The number of rotatable bonds is 3. The molecule has 1 atom stereocenters. The molecular formula is C26H19Br2NO5. The Balaban J connectivity index is 1.86. The molecule has 1 aliphatic rings. The van der Waals surface area contributed by atoms with Crippen LogP contribution < -0.4 is 15.1 Å². The normalized spacial score (nSPS) is 15.1. The second-order valence-corrected chi connectivity index (χ2v) is 9.99. The largest absolute Gasteiger partial charge is 0.503 e. The molecule has 0 saturated carbocycles. The van der Waals surface area contributed by atoms with E-state index < -0.39 is 11.9 Å². The van der Waals surface area contributed by atoms with Crippen molar-refractivity contribution in [3.05, 3.63) is 95.7 Å². The third kappa shape index (κ3) is 3.44. The van der Waals surface area contributed by atoms with Gasteiger partial charge in [-0.2, -0.15) is 0 Å². The summed E-state index contributed by atoms with van der Waals surface area (Å²) in [6, 6.07) is 13.4. The summed E-state index contributed by atoms with van der Waals surface area (Å²) in [5, 5.41) is 10.8. The molecule has 0 spiro atoms. The van der Waals surface area contributed by atoms with Gasteiger partial charge in [0.05, 0.1) is 28.6 Å². The van der Waals surface area contributed by atoms with Gasteiger partial charge in [-0.15, -0.1) is 0 Å². The summed E-state index contributed by atoms with van der Waals surface area (Å²) in [4.78, 5) is 29.1. The highest BCUT2D eigenvalue weighted by Gasteiger charge is 2.44. The molecule has 1 unspecified atom stereocenters. The van der Waals surface area contributed by atoms with E-state index in [1.807, 2.05) is 32.0 Å². The number of anilines is 1. The Bertz CT molecular complexity index is 1560. The number of nitrogens with zero attached hydrogens (tertiary/aromatic N) is 1. The van der Waals surface area contributed by atoms with Gasteiger partial charge in [-0.05, 0) is 88.9 Å². The average Bonchev–Trinajstić information content (AvgIpc) is 3.09. The van der Waals surface area contributed by atoms with Crippen LogP contribution in [0.1, 0.15) is 38.9 Å². The lowest BCUT2D eigenvalue weighted by Gasteiger charge is -2.26. The van der Waals surface area contributed by atoms with E-state index in [0.29, 0.717) is 26.7 Å². The van der Waals surface area contributed by atoms with Crippen LogP contribution in [0.4, 0.5) is 5.69 Å². The third-order valence-electron chi connectivity index (χ3n) is 6.16. The first-order valence-corrected chi connectivity index (χ1v) is 12.0. The fourth-order valence-corrected chi connectivity index (χ4v) is 5.19. The molecule has 3 aromatic carbocycles. The molecule has 6 nitrogen and oxygen atoms in total. The van der Waals surface area contributed by atoms with E-state index in [0.717, 1.165) is 15.6 Å². The van der Waals surface area contributed by atoms with Crippen LogP contribution in [0.5, 0.6) is 11.5 Å². The third-order valence-corrected chi connectivity index (χ3v) is 7.26. The minimum atomic E-state index is -0.787. The number of aryl methyl sites for hydroxylation is 2. The summed E-state index contributed by atoms with van der Waals surface area (Å²) < 4.78 is 12.6. The van der Waals surface area contributed by atoms with Crippen molar-refractivity contribution in [1.29, 1.82) is 0 Å². The number of phenolic OH excluding ortho intramolecular Hbond substituents is 1. The van der Waals surface area contributed by atoms with Crippen LogP contribution in [-0.4, -0.2) is 18.1 Å². The van der Waals surface area contributed by atoms with E-state index in [1.54, 1.807) is 30.3 Å². The van der Waals surface area contributed by atoms with Crippen molar-refractivity contribution in [2.75, 3.05) is 12.0 Å². The average molecular weight is 585 g/mol. The molecule has 172 valence electrons. The molecule has 1 amide bonds. The number of amides is 1. The lowest BCUT2D eigenvalue weighted by molar-refractivity contribution is 0.0971. The van der Waals surface area contributed by atoms with Crippen molar-refractivity contribution >= 4 is 54.4 Å². The molecule has 1 N–H and O–H groups in total. The van der Waals surface area contributed by atoms with Gasteiger partial charge in [-0.3, -0.25) is 14.5 Å². The quantitative estimate of drug-likeness (QED) is 0.301. The molecule has 0 saturated heterocycles. The number of hydrogen-bond donors (Lipinski definition) is 1. The number of benzene rings is 3. The molecule has 4 aromatic rings. The summed E-state index contributed by atoms with van der Waals surface area (Å²) >= 11 is 6.83. The monoisotopic (exact) mass is 583 g/mol. The Labute approximate surface area is 212 Å². The van der Waals surface area contributed by atoms with Crippen LogP contribution >= 0.6 is 31.9 Å². The second kappa shape index (κ2) is 8.29. The number of phenols is 1. The maximum absolute atomic E-state index is 13.8. The van der Waals surface area contributed by atoms with Gasteiger partial charge in [0.15, 0.2) is 16.9 Å². The van der Waals surface area contributed by atoms with Gasteiger partial charge in [-0.1, -0.05) is 22.0 Å². The molecule has 34 heavy (non-hydrogen) atoms. The molecule has 0 fully saturated rings. The van der Waals surface area contributed by atoms with Gasteiger partial charge in [0.1, 0.15) is 5.58 Å². The van der Waals surface area contributed by atoms with E-state index in [2.05, 4.69) is 31.9 Å². The lowest BCUT2D eigenvalue weighted by atomic mass is 9.97. The summed E-state index contributed by atoms with van der Waals surface area (Å²) in [5.41, 5.74) is 3.46. The maximum Gasteiger partial charge on any atom is 0.295 e. The number of methoxy groups -OCH3 is 1. The van der Waals surface area contributed by atoms with Crippen LogP contribution in [-0.2, 0) is 0 Å². The molecule has 1 aliphatic heterocycles. The number of carbonyl (C=O) groups is 1. The minimum Gasteiger partial charge on any atom is -0.503 e. The van der Waals surface area contributed by atoms with Crippen LogP contribution in [0.3, 0.4) is 0 Å². The lowest BCUT2D eigenvalue weighted by Crippen LogP contribution is -2.29. The molecule has 2 heterocycles. The van der Waals surface area contributed by atoms with Crippen LogP contribution in [0.2, 0.25) is 0 Å². The number of halogens is 2. The predicted octanol–water partition coefficient (Wildman–Crippen LogP) is 6.40. The van der Waals surface area contributed by atoms with Gasteiger partial charge in [0, 0.05) is 10.2 Å². The highest BCUT2D eigenvalue weighted by atomic mass is 79.9. The molecule has 5 rings (SSSR count). The molecule has 8 heteroatoms. The van der Waals surface area contributed by atoms with Gasteiger partial charge in [0.25, 0.3) is 5.91 Å². The second-order valence-electron chi connectivity index (χ2n) is 8.22. The molecule has 0 bridgehead atoms. The highest BCUT2D eigenvalue weighted by molar-refractivity contribution is 9.10. The van der Waals surface area contributed by atoms with Gasteiger partial charge >= 0.3 is 0 Å². The van der Waals surface area contributed by atoms with Crippen LogP contribution in [0, 0.1) is 13.8 Å². The van der Waals surface area contributed by atoms with Crippen LogP contribution in [0.15, 0.2) is 66.7 Å². The fourth-order valence-electron chi connectivity index (χ4n) is 4.34. The van der Waals surface area contributed by atoms with E-state index in [4.69, 9.17) is 9.15 Å². The topological polar surface area (TPSA) is 80.0 Å². The van der Waals surface area contributed by atoms with Crippen molar-refractivity contribution in [2.45, 2.75) is 19.9 Å². The number of fused-ring (bicyclic) bond motifs is 2. The van der Waals surface area contributed by atoms with Crippen molar-refractivity contribution in [3.63, 3.8) is 0 Å². The van der Waals surface area contributed by atoms with E-state index in [1.165, 1.54) is 12.0 Å². The zero-order chi connectivity index (χ0) is 24.3. The Morgan fingerprint density at radius 2 is 1.76 bits per heavy atom. The first-order chi connectivity index (χ1) is 16.2. The zero-order valence-electron chi connectivity index (χ0n) is 18.5. The SMILES string of the molecule is COc1cc(C2c3c(oc4cc(C)c(C)cc4c3=O)C(=O)N2c2cccc(Br)c2)cc(Br)c1O. The van der Waals surface area contributed by atoms with Gasteiger partial charge in [-0.25, -0.2) is 0 Å². The minimum absolute atomic E-state index is 0.00823. The van der Waals surface area contributed by atoms with Crippen molar-refractivity contribution in [3.8, 4) is 11.5 Å². The van der Waals surface area contributed by atoms with E-state index in [-0.39, 0.29) is 28.3 Å². The van der Waals surface area contributed by atoms with Crippen molar-refractivity contribution < 1.29 is 19.1 Å². The Hall–Kier alpha value is -3.10. The fraction of sp³-hybridized carbons (Fsp3) is 0.154. The molecule has 0 radical (unpaired) electrons. The summed E-state index contributed by atoms with van der Waals surface area (Å²) in [7, 11) is 1.44.